The van der Waals surface area contributed by atoms with Crippen LogP contribution < -0.4 is 10.1 Å². The van der Waals surface area contributed by atoms with Crippen molar-refractivity contribution in [1.82, 2.24) is 15.1 Å². The first-order chi connectivity index (χ1) is 12.5. The molecule has 0 saturated heterocycles. The van der Waals surface area contributed by atoms with Gasteiger partial charge >= 0.3 is 0 Å². The second-order valence-electron chi connectivity index (χ2n) is 6.78. The van der Waals surface area contributed by atoms with E-state index in [1.54, 1.807) is 29.1 Å². The molecule has 1 atom stereocenters. The van der Waals surface area contributed by atoms with E-state index in [0.717, 1.165) is 12.0 Å². The van der Waals surface area contributed by atoms with Gasteiger partial charge in [-0.15, -0.1) is 0 Å². The van der Waals surface area contributed by atoms with Gasteiger partial charge in [-0.1, -0.05) is 18.5 Å². The number of hydrogen-bond donors (Lipinski definition) is 2. The quantitative estimate of drug-likeness (QED) is 0.777. The Labute approximate surface area is 158 Å². The number of aliphatic hydroxyl groups is 1. The maximum atomic E-state index is 12.7. The summed E-state index contributed by atoms with van der Waals surface area (Å²) in [6.07, 6.45) is 5.59. The van der Waals surface area contributed by atoms with Crippen LogP contribution in [0.2, 0.25) is 5.02 Å². The van der Waals surface area contributed by atoms with Gasteiger partial charge in [0, 0.05) is 24.4 Å². The molecule has 7 heteroatoms. The third-order valence-electron chi connectivity index (χ3n) is 4.65. The van der Waals surface area contributed by atoms with Gasteiger partial charge in [-0.2, -0.15) is 5.10 Å². The highest BCUT2D eigenvalue weighted by Crippen LogP contribution is 2.38. The molecule has 140 valence electrons. The minimum absolute atomic E-state index is 0.186. The van der Waals surface area contributed by atoms with Crippen LogP contribution in [0.3, 0.4) is 0 Å². The Hall–Kier alpha value is -2.05. The van der Waals surface area contributed by atoms with Gasteiger partial charge in [0.15, 0.2) is 0 Å². The van der Waals surface area contributed by atoms with Crippen molar-refractivity contribution in [3.63, 3.8) is 0 Å². The molecule has 0 unspecified atom stereocenters. The Kier molecular flexibility index (Phi) is 5.84. The second kappa shape index (κ2) is 8.10. The fraction of sp³-hybridized carbons (Fsp3) is 0.474. The number of carbonyl (C=O) groups excluding carboxylic acids is 1. The third kappa shape index (κ3) is 4.19. The van der Waals surface area contributed by atoms with Gasteiger partial charge in [0.25, 0.3) is 5.91 Å². The van der Waals surface area contributed by atoms with Crippen molar-refractivity contribution in [3.8, 4) is 5.75 Å². The zero-order chi connectivity index (χ0) is 18.7. The molecule has 3 rings (SSSR count). The maximum absolute atomic E-state index is 12.7. The summed E-state index contributed by atoms with van der Waals surface area (Å²) in [6, 6.07) is 4.87. The predicted molar refractivity (Wildman–Crippen MR) is 99.4 cm³/mol. The molecule has 1 aliphatic rings. The number of hydrogen-bond acceptors (Lipinski definition) is 4. The first-order valence-corrected chi connectivity index (χ1v) is 9.25. The summed E-state index contributed by atoms with van der Waals surface area (Å²) in [5, 5.41) is 17.3. The molecular weight excluding hydrogens is 354 g/mol. The Balaban J connectivity index is 1.74. The first kappa shape index (κ1) is 18.7. The molecular formula is C19H24ClN3O3. The average Bonchev–Trinajstić information content (AvgIpc) is 3.02. The van der Waals surface area contributed by atoms with Crippen LogP contribution in [0.25, 0.3) is 0 Å². The Morgan fingerprint density at radius 1 is 1.50 bits per heavy atom. The van der Waals surface area contributed by atoms with E-state index in [4.69, 9.17) is 16.3 Å². The summed E-state index contributed by atoms with van der Waals surface area (Å²) >= 11 is 6.23. The van der Waals surface area contributed by atoms with Crippen molar-refractivity contribution >= 4 is 17.5 Å². The van der Waals surface area contributed by atoms with Crippen LogP contribution in [0.5, 0.6) is 5.75 Å². The van der Waals surface area contributed by atoms with Crippen molar-refractivity contribution in [2.24, 2.45) is 13.0 Å². The number of aryl methyl sites for hydroxylation is 1. The Morgan fingerprint density at radius 2 is 2.27 bits per heavy atom. The van der Waals surface area contributed by atoms with Crippen LogP contribution in [-0.2, 0) is 7.05 Å². The number of nitrogens with zero attached hydrogens (tertiary/aromatic N) is 2. The van der Waals surface area contributed by atoms with Gasteiger partial charge in [-0.3, -0.25) is 9.48 Å². The van der Waals surface area contributed by atoms with E-state index in [2.05, 4.69) is 10.4 Å². The van der Waals surface area contributed by atoms with Gasteiger partial charge in [0.2, 0.25) is 0 Å². The van der Waals surface area contributed by atoms with E-state index in [0.29, 0.717) is 35.8 Å². The number of nitrogens with one attached hydrogen (secondary N) is 1. The summed E-state index contributed by atoms with van der Waals surface area (Å²) in [6.45, 7) is 2.60. The predicted octanol–water partition coefficient (Wildman–Crippen LogP) is 3.10. The lowest BCUT2D eigenvalue weighted by atomic mass is 9.75. The summed E-state index contributed by atoms with van der Waals surface area (Å²) in [5.74, 6) is 0.570. The van der Waals surface area contributed by atoms with Crippen molar-refractivity contribution in [2.75, 3.05) is 6.61 Å². The van der Waals surface area contributed by atoms with E-state index < -0.39 is 0 Å². The molecule has 0 aliphatic heterocycles. The van der Waals surface area contributed by atoms with Gasteiger partial charge in [0.1, 0.15) is 5.75 Å². The minimum atomic E-state index is -0.291. The number of amides is 1. The minimum Gasteiger partial charge on any atom is -0.492 e. The topological polar surface area (TPSA) is 76.4 Å². The number of halogens is 1. The van der Waals surface area contributed by atoms with Crippen LogP contribution in [0.1, 0.15) is 48.1 Å². The fourth-order valence-corrected chi connectivity index (χ4v) is 3.41. The van der Waals surface area contributed by atoms with E-state index in [-0.39, 0.29) is 24.0 Å². The molecule has 6 nitrogen and oxygen atoms in total. The fourth-order valence-electron chi connectivity index (χ4n) is 3.17. The Morgan fingerprint density at radius 3 is 2.85 bits per heavy atom. The molecule has 1 fully saturated rings. The van der Waals surface area contributed by atoms with Crippen LogP contribution in [0, 0.1) is 5.92 Å². The van der Waals surface area contributed by atoms with Gasteiger partial charge in [-0.25, -0.2) is 0 Å². The monoisotopic (exact) mass is 377 g/mol. The molecule has 1 saturated carbocycles. The smallest absolute Gasteiger partial charge is 0.251 e. The Bertz CT molecular complexity index is 771. The molecule has 2 N–H and O–H groups in total. The number of carbonyl (C=O) groups is 1. The second-order valence-corrected chi connectivity index (χ2v) is 7.18. The highest BCUT2D eigenvalue weighted by Gasteiger charge is 2.36. The molecule has 1 amide bonds. The van der Waals surface area contributed by atoms with E-state index in [1.165, 1.54) is 0 Å². The van der Waals surface area contributed by atoms with Crippen LogP contribution in [-0.4, -0.2) is 33.5 Å². The molecule has 0 radical (unpaired) electrons. The number of ether oxygens (including phenoxy) is 1. The number of aromatic nitrogens is 2. The summed E-state index contributed by atoms with van der Waals surface area (Å²) in [4.78, 5) is 12.7. The number of benzene rings is 1. The maximum Gasteiger partial charge on any atom is 0.251 e. The van der Waals surface area contributed by atoms with E-state index >= 15 is 0 Å². The largest absolute Gasteiger partial charge is 0.492 e. The SMILES string of the molecule is CCCOc1ccc(C(=O)N[C@@H](c2cnn(C)c2)C2CC(O)C2)cc1Cl. The van der Waals surface area contributed by atoms with E-state index in [1.807, 2.05) is 20.2 Å². The average molecular weight is 378 g/mol. The van der Waals surface area contributed by atoms with Gasteiger partial charge in [-0.05, 0) is 43.4 Å². The van der Waals surface area contributed by atoms with Crippen molar-refractivity contribution in [1.29, 1.82) is 0 Å². The third-order valence-corrected chi connectivity index (χ3v) is 4.94. The summed E-state index contributed by atoms with van der Waals surface area (Å²) in [5.41, 5.74) is 1.42. The normalized spacial score (nSPS) is 20.3. The molecule has 0 bridgehead atoms. The van der Waals surface area contributed by atoms with Crippen LogP contribution in [0.15, 0.2) is 30.6 Å². The lowest BCUT2D eigenvalue weighted by Gasteiger charge is -2.37. The van der Waals surface area contributed by atoms with Crippen molar-refractivity contribution in [3.05, 3.63) is 46.7 Å². The van der Waals surface area contributed by atoms with Crippen molar-refractivity contribution < 1.29 is 14.6 Å². The van der Waals surface area contributed by atoms with Crippen LogP contribution in [0.4, 0.5) is 0 Å². The number of rotatable bonds is 7. The zero-order valence-corrected chi connectivity index (χ0v) is 15.7. The van der Waals surface area contributed by atoms with Crippen molar-refractivity contribution in [2.45, 2.75) is 38.3 Å². The van der Waals surface area contributed by atoms with E-state index in [9.17, 15) is 9.90 Å². The molecule has 1 heterocycles. The zero-order valence-electron chi connectivity index (χ0n) is 15.0. The number of aliphatic hydroxyl groups excluding tert-OH is 1. The highest BCUT2D eigenvalue weighted by atomic mass is 35.5. The standard InChI is InChI=1S/C19H24ClN3O3/c1-3-6-26-17-5-4-12(9-16(17)20)19(25)22-18(13-7-15(24)8-13)14-10-21-23(2)11-14/h4-5,9-11,13,15,18,24H,3,6-8H2,1-2H3,(H,22,25)/t13?,15?,18-/m1/s1. The first-order valence-electron chi connectivity index (χ1n) is 8.87. The molecule has 1 aromatic carbocycles. The molecule has 26 heavy (non-hydrogen) atoms. The molecule has 1 aliphatic carbocycles. The summed E-state index contributed by atoms with van der Waals surface area (Å²) < 4.78 is 7.26. The lowest BCUT2D eigenvalue weighted by Crippen LogP contribution is -2.41. The summed E-state index contributed by atoms with van der Waals surface area (Å²) in [7, 11) is 1.84. The molecule has 0 spiro atoms. The lowest BCUT2D eigenvalue weighted by molar-refractivity contribution is 0.0235. The highest BCUT2D eigenvalue weighted by molar-refractivity contribution is 6.32. The molecule has 1 aromatic heterocycles. The van der Waals surface area contributed by atoms with Gasteiger partial charge < -0.3 is 15.2 Å². The van der Waals surface area contributed by atoms with Crippen LogP contribution >= 0.6 is 11.6 Å². The molecule has 2 aromatic rings. The van der Waals surface area contributed by atoms with Gasteiger partial charge in [0.05, 0.1) is 30.0 Å².